The fourth-order valence-corrected chi connectivity index (χ4v) is 2.15. The van der Waals surface area contributed by atoms with Crippen molar-refractivity contribution < 1.29 is 4.74 Å². The molecule has 0 aliphatic heterocycles. The SMILES string of the molecule is COc1c(NN)ncnc1SCCN(C)C. The van der Waals surface area contributed by atoms with Crippen molar-refractivity contribution in [2.75, 3.05) is 38.9 Å². The Morgan fingerprint density at radius 3 is 2.81 bits per heavy atom. The number of nitrogens with two attached hydrogens (primary N) is 1. The van der Waals surface area contributed by atoms with Gasteiger partial charge >= 0.3 is 0 Å². The average molecular weight is 243 g/mol. The zero-order valence-corrected chi connectivity index (χ0v) is 10.5. The second-order valence-electron chi connectivity index (χ2n) is 3.36. The summed E-state index contributed by atoms with van der Waals surface area (Å²) in [6.45, 7) is 0.975. The van der Waals surface area contributed by atoms with Crippen LogP contribution in [0.3, 0.4) is 0 Å². The predicted octanol–water partition coefficient (Wildman–Crippen LogP) is 0.424. The van der Waals surface area contributed by atoms with Crippen molar-refractivity contribution in [2.24, 2.45) is 5.84 Å². The van der Waals surface area contributed by atoms with E-state index in [2.05, 4.69) is 20.3 Å². The van der Waals surface area contributed by atoms with Crippen LogP contribution >= 0.6 is 11.8 Å². The van der Waals surface area contributed by atoms with E-state index in [-0.39, 0.29) is 0 Å². The average Bonchev–Trinajstić information content (AvgIpc) is 2.28. The molecule has 1 heterocycles. The van der Waals surface area contributed by atoms with Crippen molar-refractivity contribution in [1.82, 2.24) is 14.9 Å². The fraction of sp³-hybridized carbons (Fsp3) is 0.556. The molecule has 7 heteroatoms. The number of methoxy groups -OCH3 is 1. The molecule has 0 aromatic carbocycles. The van der Waals surface area contributed by atoms with E-state index in [9.17, 15) is 0 Å². The fourth-order valence-electron chi connectivity index (χ4n) is 1.07. The second kappa shape index (κ2) is 6.51. The number of nitrogens with zero attached hydrogens (tertiary/aromatic N) is 3. The standard InChI is InChI=1S/C9H17N5OS/c1-14(2)4-5-16-9-7(15-3)8(13-10)11-6-12-9/h6H,4-5,10H2,1-3H3,(H,11,12,13). The molecule has 1 aromatic heterocycles. The Morgan fingerprint density at radius 1 is 1.50 bits per heavy atom. The van der Waals surface area contributed by atoms with Crippen molar-refractivity contribution in [1.29, 1.82) is 0 Å². The Labute approximate surface area is 99.6 Å². The molecule has 6 nitrogen and oxygen atoms in total. The van der Waals surface area contributed by atoms with Crippen LogP contribution in [0.25, 0.3) is 0 Å². The number of rotatable bonds is 6. The number of hydrogen-bond acceptors (Lipinski definition) is 7. The largest absolute Gasteiger partial charge is 0.490 e. The van der Waals surface area contributed by atoms with Gasteiger partial charge in [-0.15, -0.1) is 11.8 Å². The molecule has 0 bridgehead atoms. The molecule has 0 radical (unpaired) electrons. The highest BCUT2D eigenvalue weighted by molar-refractivity contribution is 7.99. The number of thioether (sulfide) groups is 1. The molecular weight excluding hydrogens is 226 g/mol. The molecule has 1 rings (SSSR count). The molecule has 3 N–H and O–H groups in total. The van der Waals surface area contributed by atoms with Gasteiger partial charge in [-0.2, -0.15) is 0 Å². The quantitative estimate of drug-likeness (QED) is 0.324. The molecule has 0 saturated heterocycles. The van der Waals surface area contributed by atoms with Crippen LogP contribution in [-0.2, 0) is 0 Å². The molecule has 0 aliphatic rings. The minimum Gasteiger partial charge on any atom is -0.490 e. The molecule has 0 unspecified atom stereocenters. The number of anilines is 1. The van der Waals surface area contributed by atoms with Gasteiger partial charge in [-0.05, 0) is 14.1 Å². The van der Waals surface area contributed by atoms with Crippen LogP contribution in [0.1, 0.15) is 0 Å². The molecule has 16 heavy (non-hydrogen) atoms. The van der Waals surface area contributed by atoms with Gasteiger partial charge in [0.05, 0.1) is 7.11 Å². The first-order valence-electron chi connectivity index (χ1n) is 4.82. The number of hydrazine groups is 1. The van der Waals surface area contributed by atoms with Gasteiger partial charge in [0.1, 0.15) is 11.4 Å². The van der Waals surface area contributed by atoms with Crippen LogP contribution in [-0.4, -0.2) is 48.4 Å². The van der Waals surface area contributed by atoms with Crippen LogP contribution in [0.5, 0.6) is 5.75 Å². The highest BCUT2D eigenvalue weighted by atomic mass is 32.2. The number of hydrogen-bond donors (Lipinski definition) is 2. The normalized spacial score (nSPS) is 10.6. The molecule has 0 aliphatic carbocycles. The Bertz CT molecular complexity index is 334. The molecule has 0 fully saturated rings. The van der Waals surface area contributed by atoms with E-state index >= 15 is 0 Å². The van der Waals surface area contributed by atoms with Crippen molar-refractivity contribution in [3.8, 4) is 5.75 Å². The maximum atomic E-state index is 5.33. The maximum absolute atomic E-state index is 5.33. The van der Waals surface area contributed by atoms with E-state index in [0.29, 0.717) is 11.6 Å². The van der Waals surface area contributed by atoms with E-state index < -0.39 is 0 Å². The molecule has 0 saturated carbocycles. The van der Waals surface area contributed by atoms with Crippen LogP contribution in [0.15, 0.2) is 11.4 Å². The third-order valence-electron chi connectivity index (χ3n) is 1.89. The smallest absolute Gasteiger partial charge is 0.195 e. The van der Waals surface area contributed by atoms with Gasteiger partial charge in [0, 0.05) is 12.3 Å². The number of ether oxygens (including phenoxy) is 1. The lowest BCUT2D eigenvalue weighted by molar-refractivity contribution is 0.400. The third kappa shape index (κ3) is 3.51. The molecule has 0 spiro atoms. The first kappa shape index (κ1) is 13.0. The monoisotopic (exact) mass is 243 g/mol. The first-order chi connectivity index (χ1) is 7.69. The van der Waals surface area contributed by atoms with E-state index in [1.54, 1.807) is 18.9 Å². The molecular formula is C9H17N5OS. The molecule has 90 valence electrons. The van der Waals surface area contributed by atoms with E-state index in [1.165, 1.54) is 6.33 Å². The third-order valence-corrected chi connectivity index (χ3v) is 2.84. The maximum Gasteiger partial charge on any atom is 0.195 e. The Hall–Kier alpha value is -1.05. The van der Waals surface area contributed by atoms with Gasteiger partial charge in [0.25, 0.3) is 0 Å². The van der Waals surface area contributed by atoms with Gasteiger partial charge in [0.2, 0.25) is 0 Å². The summed E-state index contributed by atoms with van der Waals surface area (Å²) in [6, 6.07) is 0. The number of nitrogen functional groups attached to an aromatic ring is 1. The van der Waals surface area contributed by atoms with Gasteiger partial charge in [0.15, 0.2) is 11.6 Å². The van der Waals surface area contributed by atoms with Crippen LogP contribution < -0.4 is 16.0 Å². The number of aromatic nitrogens is 2. The van der Waals surface area contributed by atoms with E-state index in [4.69, 9.17) is 10.6 Å². The minimum absolute atomic E-state index is 0.504. The van der Waals surface area contributed by atoms with E-state index in [0.717, 1.165) is 17.3 Å². The van der Waals surface area contributed by atoms with E-state index in [1.807, 2.05) is 14.1 Å². The highest BCUT2D eigenvalue weighted by Crippen LogP contribution is 2.31. The predicted molar refractivity (Wildman–Crippen MR) is 65.7 cm³/mol. The summed E-state index contributed by atoms with van der Waals surface area (Å²) >= 11 is 1.62. The zero-order valence-electron chi connectivity index (χ0n) is 9.73. The summed E-state index contributed by atoms with van der Waals surface area (Å²) in [5.41, 5.74) is 2.49. The van der Waals surface area contributed by atoms with Crippen LogP contribution in [0.4, 0.5) is 5.82 Å². The van der Waals surface area contributed by atoms with Crippen LogP contribution in [0.2, 0.25) is 0 Å². The van der Waals surface area contributed by atoms with Crippen molar-refractivity contribution in [3.63, 3.8) is 0 Å². The lowest BCUT2D eigenvalue weighted by Crippen LogP contribution is -2.15. The Morgan fingerprint density at radius 2 is 2.25 bits per heavy atom. The van der Waals surface area contributed by atoms with Gasteiger partial charge < -0.3 is 15.1 Å². The second-order valence-corrected chi connectivity index (χ2v) is 4.44. The van der Waals surface area contributed by atoms with Crippen molar-refractivity contribution in [3.05, 3.63) is 6.33 Å². The summed E-state index contributed by atoms with van der Waals surface area (Å²) in [7, 11) is 5.64. The summed E-state index contributed by atoms with van der Waals surface area (Å²) < 4.78 is 5.22. The van der Waals surface area contributed by atoms with Crippen molar-refractivity contribution in [2.45, 2.75) is 5.03 Å². The summed E-state index contributed by atoms with van der Waals surface area (Å²) in [6.07, 6.45) is 1.47. The highest BCUT2D eigenvalue weighted by Gasteiger charge is 2.11. The lowest BCUT2D eigenvalue weighted by Gasteiger charge is -2.12. The zero-order chi connectivity index (χ0) is 12.0. The lowest BCUT2D eigenvalue weighted by atomic mass is 10.5. The summed E-state index contributed by atoms with van der Waals surface area (Å²) in [5, 5.41) is 0.798. The molecule has 0 amide bonds. The molecule has 1 aromatic rings. The first-order valence-corrected chi connectivity index (χ1v) is 5.80. The van der Waals surface area contributed by atoms with Crippen LogP contribution in [0, 0.1) is 0 Å². The minimum atomic E-state index is 0.504. The Kier molecular flexibility index (Phi) is 5.30. The van der Waals surface area contributed by atoms with Crippen molar-refractivity contribution >= 4 is 17.6 Å². The van der Waals surface area contributed by atoms with Gasteiger partial charge in [-0.25, -0.2) is 15.8 Å². The van der Waals surface area contributed by atoms with Gasteiger partial charge in [-0.3, -0.25) is 0 Å². The Balaban J connectivity index is 2.71. The summed E-state index contributed by atoms with van der Waals surface area (Å²) in [5.74, 6) is 7.37. The molecule has 0 atom stereocenters. The number of nitrogens with one attached hydrogen (secondary N) is 1. The topological polar surface area (TPSA) is 76.3 Å². The summed E-state index contributed by atoms with van der Waals surface area (Å²) in [4.78, 5) is 10.3. The van der Waals surface area contributed by atoms with Gasteiger partial charge in [-0.1, -0.05) is 0 Å².